The van der Waals surface area contributed by atoms with Crippen LogP contribution in [0.2, 0.25) is 0 Å². The van der Waals surface area contributed by atoms with Crippen molar-refractivity contribution in [1.29, 1.82) is 0 Å². The highest BCUT2D eigenvalue weighted by Crippen LogP contribution is 2.37. The third-order valence-corrected chi connectivity index (χ3v) is 5.84. The highest BCUT2D eigenvalue weighted by atomic mass is 31.0. The van der Waals surface area contributed by atoms with Gasteiger partial charge >= 0.3 is 11.9 Å². The second-order valence-corrected chi connectivity index (χ2v) is 11.3. The van der Waals surface area contributed by atoms with Gasteiger partial charge in [0.25, 0.3) is 0 Å². The maximum Gasteiger partial charge on any atom is 0.307 e. The summed E-state index contributed by atoms with van der Waals surface area (Å²) in [5.41, 5.74) is 1.77. The first-order chi connectivity index (χ1) is 13.5. The third-order valence-electron chi connectivity index (χ3n) is 5.65. The molecule has 5 heteroatoms. The number of allylic oxidation sites excluding steroid dienone is 4. The summed E-state index contributed by atoms with van der Waals surface area (Å²) in [6.07, 6.45) is 6.66. The molecule has 0 heterocycles. The number of aliphatic carboxylic acids is 1. The normalized spacial score (nSPS) is 15.2. The molecule has 0 aromatic rings. The Morgan fingerprint density at radius 2 is 1.60 bits per heavy atom. The van der Waals surface area contributed by atoms with Gasteiger partial charge in [0.2, 0.25) is 0 Å². The zero-order chi connectivity index (χ0) is 24.3. The van der Waals surface area contributed by atoms with E-state index in [2.05, 4.69) is 61.6 Å². The molecule has 0 fully saturated rings. The van der Waals surface area contributed by atoms with Gasteiger partial charge in [0.1, 0.15) is 0 Å². The van der Waals surface area contributed by atoms with E-state index in [-0.39, 0.29) is 17.8 Å². The summed E-state index contributed by atoms with van der Waals surface area (Å²) in [6.45, 7) is 21.5. The van der Waals surface area contributed by atoms with E-state index in [0.717, 1.165) is 5.31 Å². The Labute approximate surface area is 188 Å². The van der Waals surface area contributed by atoms with Crippen molar-refractivity contribution in [1.82, 2.24) is 0 Å². The van der Waals surface area contributed by atoms with E-state index in [1.807, 2.05) is 33.8 Å². The van der Waals surface area contributed by atoms with Crippen LogP contribution >= 0.6 is 9.24 Å². The molecule has 0 saturated heterocycles. The van der Waals surface area contributed by atoms with Gasteiger partial charge in [0.05, 0.1) is 19.4 Å². The summed E-state index contributed by atoms with van der Waals surface area (Å²) in [5.74, 6) is -1.76. The van der Waals surface area contributed by atoms with Crippen LogP contribution in [0.5, 0.6) is 0 Å². The topological polar surface area (TPSA) is 63.6 Å². The molecule has 0 saturated carbocycles. The number of esters is 1. The maximum absolute atomic E-state index is 11.4. The quantitative estimate of drug-likeness (QED) is 0.235. The fourth-order valence-electron chi connectivity index (χ4n) is 2.70. The monoisotopic (exact) mass is 442 g/mol. The van der Waals surface area contributed by atoms with Gasteiger partial charge in [-0.05, 0) is 42.9 Å². The lowest BCUT2D eigenvalue weighted by Gasteiger charge is -2.33. The highest BCUT2D eigenvalue weighted by molar-refractivity contribution is 7.22. The SMILES string of the molecule is CCC(C)(C)C/C=C(\C)C(C)C.COC(=O)CC(C(=O)O)C(/C=C(\C)P)C(C)(C)C. The van der Waals surface area contributed by atoms with E-state index in [9.17, 15) is 14.7 Å². The number of carboxylic acid groups (broad SMARTS) is 1. The van der Waals surface area contributed by atoms with Crippen molar-refractivity contribution in [2.75, 3.05) is 7.11 Å². The molecule has 0 rings (SSSR count). The summed E-state index contributed by atoms with van der Waals surface area (Å²) in [6, 6.07) is 0. The number of carbonyl (C=O) groups is 2. The molecule has 1 N–H and O–H groups in total. The predicted octanol–water partition coefficient (Wildman–Crippen LogP) is 7.11. The molecule has 0 aromatic carbocycles. The fraction of sp³-hybridized carbons (Fsp3) is 0.760. The highest BCUT2D eigenvalue weighted by Gasteiger charge is 2.36. The summed E-state index contributed by atoms with van der Waals surface area (Å²) >= 11 is 0. The van der Waals surface area contributed by atoms with Crippen LogP contribution in [0.15, 0.2) is 23.0 Å². The molecule has 0 bridgehead atoms. The maximum atomic E-state index is 11.4. The smallest absolute Gasteiger partial charge is 0.307 e. The van der Waals surface area contributed by atoms with Crippen LogP contribution in [0.1, 0.15) is 88.5 Å². The molecule has 0 aliphatic heterocycles. The lowest BCUT2D eigenvalue weighted by molar-refractivity contribution is -0.152. The molecular formula is C25H47O4P. The van der Waals surface area contributed by atoms with Crippen molar-refractivity contribution in [2.45, 2.75) is 88.5 Å². The van der Waals surface area contributed by atoms with Crippen LogP contribution in [0.25, 0.3) is 0 Å². The fourth-order valence-corrected chi connectivity index (χ4v) is 2.91. The minimum absolute atomic E-state index is 0.109. The van der Waals surface area contributed by atoms with E-state index in [0.29, 0.717) is 11.3 Å². The summed E-state index contributed by atoms with van der Waals surface area (Å²) in [4.78, 5) is 22.7. The second kappa shape index (κ2) is 14.0. The lowest BCUT2D eigenvalue weighted by atomic mass is 9.72. The molecule has 0 aliphatic rings. The lowest BCUT2D eigenvalue weighted by Crippen LogP contribution is -2.34. The van der Waals surface area contributed by atoms with Crippen molar-refractivity contribution in [3.8, 4) is 0 Å². The molecular weight excluding hydrogens is 395 g/mol. The molecule has 3 atom stereocenters. The van der Waals surface area contributed by atoms with Crippen LogP contribution in [0.3, 0.4) is 0 Å². The molecule has 0 aromatic heterocycles. The Hall–Kier alpha value is -1.15. The Bertz CT molecular complexity index is 591. The van der Waals surface area contributed by atoms with E-state index < -0.39 is 17.9 Å². The molecule has 30 heavy (non-hydrogen) atoms. The Morgan fingerprint density at radius 1 is 1.10 bits per heavy atom. The van der Waals surface area contributed by atoms with Crippen molar-refractivity contribution in [2.24, 2.45) is 28.6 Å². The first-order valence-electron chi connectivity index (χ1n) is 10.9. The van der Waals surface area contributed by atoms with Crippen LogP contribution in [-0.2, 0) is 14.3 Å². The van der Waals surface area contributed by atoms with Crippen molar-refractivity contribution >= 4 is 21.2 Å². The Kier molecular flexibility index (Phi) is 14.5. The van der Waals surface area contributed by atoms with Gasteiger partial charge in [-0.3, -0.25) is 9.59 Å². The summed E-state index contributed by atoms with van der Waals surface area (Å²) in [5, 5.41) is 10.3. The molecule has 0 aliphatic carbocycles. The second-order valence-electron chi connectivity index (χ2n) is 10.4. The molecule has 4 nitrogen and oxygen atoms in total. The van der Waals surface area contributed by atoms with Gasteiger partial charge in [0, 0.05) is 0 Å². The Balaban J connectivity index is 0. The largest absolute Gasteiger partial charge is 0.481 e. The van der Waals surface area contributed by atoms with Crippen molar-refractivity contribution in [3.63, 3.8) is 0 Å². The first kappa shape index (κ1) is 31.0. The van der Waals surface area contributed by atoms with Crippen LogP contribution in [0, 0.1) is 28.6 Å². The molecule has 176 valence electrons. The van der Waals surface area contributed by atoms with E-state index in [4.69, 9.17) is 0 Å². The average Bonchev–Trinajstić information content (AvgIpc) is 2.61. The Morgan fingerprint density at radius 3 is 1.90 bits per heavy atom. The predicted molar refractivity (Wildman–Crippen MR) is 131 cm³/mol. The van der Waals surface area contributed by atoms with E-state index >= 15 is 0 Å². The first-order valence-corrected chi connectivity index (χ1v) is 11.5. The standard InChI is InChI=1S/C13H23O4P.C12H24/c1-8(18)6-10(13(2,3)4)9(12(15)16)7-11(14)17-5;1-7-12(5,6)9-8-11(4)10(2)3/h6,9-10H,7,18H2,1-5H3,(H,15,16);8,10H,7,9H2,1-6H3/b8-6+;11-8+. The van der Waals surface area contributed by atoms with Gasteiger partial charge in [-0.1, -0.05) is 84.9 Å². The van der Waals surface area contributed by atoms with Crippen molar-refractivity contribution in [3.05, 3.63) is 23.0 Å². The van der Waals surface area contributed by atoms with Gasteiger partial charge in [-0.25, -0.2) is 0 Å². The molecule has 0 amide bonds. The third kappa shape index (κ3) is 14.0. The number of methoxy groups -OCH3 is 1. The zero-order valence-corrected chi connectivity index (χ0v) is 22.4. The van der Waals surface area contributed by atoms with Gasteiger partial charge in [-0.2, -0.15) is 0 Å². The van der Waals surface area contributed by atoms with Crippen LogP contribution < -0.4 is 0 Å². The van der Waals surface area contributed by atoms with Crippen LogP contribution in [-0.4, -0.2) is 24.2 Å². The molecule has 3 unspecified atom stereocenters. The minimum atomic E-state index is -0.970. The van der Waals surface area contributed by atoms with Gasteiger partial charge in [0.15, 0.2) is 0 Å². The van der Waals surface area contributed by atoms with Crippen LogP contribution in [0.4, 0.5) is 0 Å². The van der Waals surface area contributed by atoms with E-state index in [1.54, 1.807) is 0 Å². The number of carboxylic acids is 1. The number of ether oxygens (including phenoxy) is 1. The number of carbonyl (C=O) groups excluding carboxylic acids is 1. The van der Waals surface area contributed by atoms with E-state index in [1.165, 1.54) is 25.5 Å². The summed E-state index contributed by atoms with van der Waals surface area (Å²) < 4.78 is 4.57. The summed E-state index contributed by atoms with van der Waals surface area (Å²) in [7, 11) is 3.81. The molecule has 0 radical (unpaired) electrons. The van der Waals surface area contributed by atoms with Gasteiger partial charge in [-0.15, -0.1) is 9.24 Å². The minimum Gasteiger partial charge on any atom is -0.481 e. The van der Waals surface area contributed by atoms with Crippen molar-refractivity contribution < 1.29 is 19.4 Å². The number of hydrogen-bond acceptors (Lipinski definition) is 3. The molecule has 0 spiro atoms. The van der Waals surface area contributed by atoms with Gasteiger partial charge < -0.3 is 9.84 Å². The zero-order valence-electron chi connectivity index (χ0n) is 21.3. The number of hydrogen-bond donors (Lipinski definition) is 1. The number of rotatable bonds is 9. The average molecular weight is 443 g/mol.